The number of halogens is 2. The number of benzene rings is 3. The van der Waals surface area contributed by atoms with Crippen LogP contribution < -0.4 is 4.90 Å². The SMILES string of the molecule is O=C(c1ncn(-c2cccc(F)c2)n1)N1CCC2(CC1)CN(C(=O)c1n[nH]c3cccc(F)c13)c1ccccc12. The Bertz CT molecular complexity index is 1790. The highest BCUT2D eigenvalue weighted by atomic mass is 19.1. The first-order valence-electron chi connectivity index (χ1n) is 12.9. The molecule has 0 aliphatic carbocycles. The molecule has 1 saturated heterocycles. The van der Waals surface area contributed by atoms with Gasteiger partial charge in [-0.15, -0.1) is 5.10 Å². The number of piperidine rings is 1. The maximum Gasteiger partial charge on any atom is 0.293 e. The molecular weight excluding hydrogens is 516 g/mol. The van der Waals surface area contributed by atoms with E-state index in [1.54, 1.807) is 34.1 Å². The van der Waals surface area contributed by atoms with Gasteiger partial charge in [-0.2, -0.15) is 5.10 Å². The summed E-state index contributed by atoms with van der Waals surface area (Å²) in [5, 5.41) is 11.4. The highest BCUT2D eigenvalue weighted by Crippen LogP contribution is 2.47. The van der Waals surface area contributed by atoms with E-state index in [1.807, 2.05) is 24.3 Å². The average molecular weight is 540 g/mol. The molecule has 5 aromatic rings. The quantitative estimate of drug-likeness (QED) is 0.370. The molecule has 0 radical (unpaired) electrons. The molecule has 0 bridgehead atoms. The second kappa shape index (κ2) is 9.08. The number of fused-ring (bicyclic) bond motifs is 3. The number of carbonyl (C=O) groups excluding carboxylic acids is 2. The maximum atomic E-state index is 14.6. The number of aromatic nitrogens is 5. The molecule has 0 atom stereocenters. The molecule has 0 saturated carbocycles. The molecule has 1 N–H and O–H groups in total. The van der Waals surface area contributed by atoms with Crippen LogP contribution in [0.5, 0.6) is 0 Å². The second-order valence-electron chi connectivity index (χ2n) is 10.2. The molecule has 1 spiro atoms. The fourth-order valence-electron chi connectivity index (χ4n) is 5.94. The normalized spacial score (nSPS) is 16.1. The van der Waals surface area contributed by atoms with Crippen molar-refractivity contribution in [3.63, 3.8) is 0 Å². The number of amides is 2. The number of anilines is 1. The molecule has 40 heavy (non-hydrogen) atoms. The fraction of sp³-hybridized carbons (Fsp3) is 0.207. The third-order valence-electron chi connectivity index (χ3n) is 7.98. The van der Waals surface area contributed by atoms with E-state index < -0.39 is 11.6 Å². The summed E-state index contributed by atoms with van der Waals surface area (Å²) in [6.45, 7) is 1.30. The van der Waals surface area contributed by atoms with E-state index in [9.17, 15) is 18.4 Å². The van der Waals surface area contributed by atoms with Crippen LogP contribution in [0, 0.1) is 11.6 Å². The lowest BCUT2D eigenvalue weighted by molar-refractivity contribution is 0.0658. The Morgan fingerprint density at radius 3 is 2.55 bits per heavy atom. The third kappa shape index (κ3) is 3.76. The number of likely N-dealkylation sites (tertiary alicyclic amines) is 1. The Hall–Kier alpha value is -4.93. The predicted molar refractivity (Wildman–Crippen MR) is 142 cm³/mol. The van der Waals surface area contributed by atoms with E-state index >= 15 is 0 Å². The Labute approximate surface area is 227 Å². The van der Waals surface area contributed by atoms with E-state index in [2.05, 4.69) is 20.3 Å². The van der Waals surface area contributed by atoms with Crippen LogP contribution in [-0.2, 0) is 5.41 Å². The number of nitrogens with zero attached hydrogens (tertiary/aromatic N) is 6. The van der Waals surface area contributed by atoms with Crippen molar-refractivity contribution >= 4 is 28.4 Å². The largest absolute Gasteiger partial charge is 0.336 e. The third-order valence-corrected chi connectivity index (χ3v) is 7.98. The Morgan fingerprint density at radius 2 is 1.73 bits per heavy atom. The molecule has 3 aromatic carbocycles. The zero-order valence-electron chi connectivity index (χ0n) is 21.2. The maximum absolute atomic E-state index is 14.6. The summed E-state index contributed by atoms with van der Waals surface area (Å²) >= 11 is 0. The van der Waals surface area contributed by atoms with Crippen molar-refractivity contribution in [2.45, 2.75) is 18.3 Å². The van der Waals surface area contributed by atoms with Gasteiger partial charge in [-0.3, -0.25) is 14.7 Å². The van der Waals surface area contributed by atoms with Crippen LogP contribution in [0.3, 0.4) is 0 Å². The van der Waals surface area contributed by atoms with Gasteiger partial charge in [0.05, 0.1) is 16.6 Å². The van der Waals surface area contributed by atoms with Crippen LogP contribution in [0.15, 0.2) is 73.1 Å². The van der Waals surface area contributed by atoms with Gasteiger partial charge < -0.3 is 9.80 Å². The van der Waals surface area contributed by atoms with Gasteiger partial charge in [-0.1, -0.05) is 30.3 Å². The number of rotatable bonds is 3. The van der Waals surface area contributed by atoms with E-state index in [4.69, 9.17) is 0 Å². The van der Waals surface area contributed by atoms with Crippen molar-refractivity contribution < 1.29 is 18.4 Å². The van der Waals surface area contributed by atoms with Gasteiger partial charge >= 0.3 is 0 Å². The van der Waals surface area contributed by atoms with Gasteiger partial charge in [0.15, 0.2) is 5.69 Å². The number of nitrogens with one attached hydrogen (secondary N) is 1. The minimum absolute atomic E-state index is 0.0382. The monoisotopic (exact) mass is 539 g/mol. The zero-order chi connectivity index (χ0) is 27.4. The highest BCUT2D eigenvalue weighted by molar-refractivity contribution is 6.13. The number of para-hydroxylation sites is 1. The van der Waals surface area contributed by atoms with Crippen LogP contribution >= 0.6 is 0 Å². The standard InChI is InChI=1S/C29H23F2N7O2/c30-18-5-3-6-19(15-18)38-17-32-26(35-38)28(40)36-13-11-29(12-14-36)16-37(23-10-2-1-7-20(23)29)27(39)25-24-21(31)8-4-9-22(24)33-34-25/h1-10,15,17H,11-14,16H2,(H,33,34). The summed E-state index contributed by atoms with van der Waals surface area (Å²) in [5.74, 6) is -1.54. The molecule has 200 valence electrons. The lowest BCUT2D eigenvalue weighted by Crippen LogP contribution is -2.48. The first kappa shape index (κ1) is 24.1. The number of aromatic amines is 1. The van der Waals surface area contributed by atoms with Gasteiger partial charge in [0, 0.05) is 30.7 Å². The van der Waals surface area contributed by atoms with Crippen molar-refractivity contribution in [1.82, 2.24) is 29.9 Å². The minimum Gasteiger partial charge on any atom is -0.336 e. The second-order valence-corrected chi connectivity index (χ2v) is 10.2. The van der Waals surface area contributed by atoms with Gasteiger partial charge in [-0.25, -0.2) is 18.4 Å². The summed E-state index contributed by atoms with van der Waals surface area (Å²) in [5.41, 5.74) is 2.43. The van der Waals surface area contributed by atoms with Gasteiger partial charge in [0.25, 0.3) is 11.8 Å². The van der Waals surface area contributed by atoms with E-state index in [-0.39, 0.29) is 34.1 Å². The molecule has 2 amide bonds. The summed E-state index contributed by atoms with van der Waals surface area (Å²) in [6.07, 6.45) is 2.64. The number of hydrogen-bond donors (Lipinski definition) is 1. The molecule has 9 nitrogen and oxygen atoms in total. The van der Waals surface area contributed by atoms with Crippen LogP contribution in [0.25, 0.3) is 16.6 Å². The highest BCUT2D eigenvalue weighted by Gasteiger charge is 2.47. The van der Waals surface area contributed by atoms with Gasteiger partial charge in [0.2, 0.25) is 5.82 Å². The summed E-state index contributed by atoms with van der Waals surface area (Å²) in [6, 6.07) is 18.2. The predicted octanol–water partition coefficient (Wildman–Crippen LogP) is 4.26. The van der Waals surface area contributed by atoms with Gasteiger partial charge in [0.1, 0.15) is 18.0 Å². The van der Waals surface area contributed by atoms with Crippen molar-refractivity contribution in [3.8, 4) is 5.69 Å². The number of hydrogen-bond acceptors (Lipinski definition) is 5. The molecule has 7 rings (SSSR count). The number of carbonyl (C=O) groups is 2. The Morgan fingerprint density at radius 1 is 0.925 bits per heavy atom. The Balaban J connectivity index is 1.12. The van der Waals surface area contributed by atoms with Crippen LogP contribution in [0.1, 0.15) is 39.5 Å². The molecule has 1 fully saturated rings. The van der Waals surface area contributed by atoms with E-state index in [1.165, 1.54) is 29.2 Å². The van der Waals surface area contributed by atoms with Crippen molar-refractivity contribution in [3.05, 3.63) is 102 Å². The Kier molecular flexibility index (Phi) is 5.48. The average Bonchev–Trinajstić information content (AvgIpc) is 3.71. The summed E-state index contributed by atoms with van der Waals surface area (Å²) in [7, 11) is 0. The topological polar surface area (TPSA) is 100 Å². The van der Waals surface area contributed by atoms with Crippen molar-refractivity contribution in [1.29, 1.82) is 0 Å². The fourth-order valence-corrected chi connectivity index (χ4v) is 5.94. The van der Waals surface area contributed by atoms with Crippen LogP contribution in [0.2, 0.25) is 0 Å². The minimum atomic E-state index is -0.503. The first-order chi connectivity index (χ1) is 19.4. The molecule has 2 aliphatic heterocycles. The first-order valence-corrected chi connectivity index (χ1v) is 12.9. The van der Waals surface area contributed by atoms with Crippen molar-refractivity contribution in [2.75, 3.05) is 24.5 Å². The zero-order valence-corrected chi connectivity index (χ0v) is 21.2. The molecule has 2 aliphatic rings. The van der Waals surface area contributed by atoms with Gasteiger partial charge in [-0.05, 0) is 54.8 Å². The van der Waals surface area contributed by atoms with Crippen LogP contribution in [0.4, 0.5) is 14.5 Å². The van der Waals surface area contributed by atoms with Crippen molar-refractivity contribution in [2.24, 2.45) is 0 Å². The van der Waals surface area contributed by atoms with E-state index in [0.717, 1.165) is 11.3 Å². The molecular formula is C29H23F2N7O2. The molecule has 11 heteroatoms. The number of H-pyrrole nitrogens is 1. The smallest absolute Gasteiger partial charge is 0.293 e. The molecule has 0 unspecified atom stereocenters. The summed E-state index contributed by atoms with van der Waals surface area (Å²) < 4.78 is 29.6. The lowest BCUT2D eigenvalue weighted by Gasteiger charge is -2.39. The lowest BCUT2D eigenvalue weighted by atomic mass is 9.74. The molecule has 2 aromatic heterocycles. The van der Waals surface area contributed by atoms with E-state index in [0.29, 0.717) is 43.7 Å². The molecule has 4 heterocycles. The van der Waals surface area contributed by atoms with Crippen LogP contribution in [-0.4, -0.2) is 61.3 Å². The summed E-state index contributed by atoms with van der Waals surface area (Å²) in [4.78, 5) is 34.5.